The van der Waals surface area contributed by atoms with Crippen LogP contribution in [0, 0.1) is 0 Å². The molecule has 8 nitrogen and oxygen atoms in total. The zero-order valence-corrected chi connectivity index (χ0v) is 17.8. The van der Waals surface area contributed by atoms with Crippen molar-refractivity contribution in [3.63, 3.8) is 0 Å². The van der Waals surface area contributed by atoms with E-state index in [4.69, 9.17) is 4.74 Å². The average Bonchev–Trinajstić information content (AvgIpc) is 3.26. The van der Waals surface area contributed by atoms with Gasteiger partial charge in [0.1, 0.15) is 0 Å². The first-order valence-electron chi connectivity index (χ1n) is 9.73. The molecule has 1 saturated heterocycles. The van der Waals surface area contributed by atoms with Crippen molar-refractivity contribution in [2.75, 3.05) is 11.5 Å². The van der Waals surface area contributed by atoms with Gasteiger partial charge in [0.2, 0.25) is 0 Å². The number of carbonyl (C=O) groups excluding carboxylic acids is 2. The summed E-state index contributed by atoms with van der Waals surface area (Å²) in [6.45, 7) is -0.601. The summed E-state index contributed by atoms with van der Waals surface area (Å²) in [6.07, 6.45) is -7.25. The summed E-state index contributed by atoms with van der Waals surface area (Å²) < 4.78 is 6.96. The Hall–Kier alpha value is -2.36. The second-order valence-electron chi connectivity index (χ2n) is 7.54. The van der Waals surface area contributed by atoms with Crippen molar-refractivity contribution >= 4 is 42.4 Å². The molecule has 1 fully saturated rings. The minimum absolute atomic E-state index is 0.190. The number of allylic oxidation sites excluding steroid dienone is 1. The van der Waals surface area contributed by atoms with E-state index in [2.05, 4.69) is 0 Å². The normalized spacial score (nSPS) is 32.4. The van der Waals surface area contributed by atoms with Crippen molar-refractivity contribution in [3.05, 3.63) is 64.1 Å². The maximum absolute atomic E-state index is 13.6. The second-order valence-corrected chi connectivity index (χ2v) is 9.75. The summed E-state index contributed by atoms with van der Waals surface area (Å²) in [5, 5.41) is 40.4. The number of hydrogen-bond acceptors (Lipinski definition) is 7. The summed E-state index contributed by atoms with van der Waals surface area (Å²) in [4.78, 5) is 27.9. The molecule has 2 aromatic rings. The molecule has 5 rings (SSSR count). The summed E-state index contributed by atoms with van der Waals surface area (Å²) >= 11 is -0.364. The number of anilines is 1. The number of carbonyl (C=O) groups is 2. The van der Waals surface area contributed by atoms with Crippen molar-refractivity contribution in [3.8, 4) is 0 Å². The quantitative estimate of drug-likeness (QED) is 0.308. The summed E-state index contributed by atoms with van der Waals surface area (Å²) in [7, 11) is 0. The van der Waals surface area contributed by atoms with E-state index in [1.807, 2.05) is 12.1 Å². The molecule has 0 bridgehead atoms. The fraction of sp³-hybridized carbons (Fsp3) is 0.273. The van der Waals surface area contributed by atoms with Gasteiger partial charge in [-0.1, -0.05) is 0 Å². The molecule has 2 aromatic carbocycles. The van der Waals surface area contributed by atoms with Crippen LogP contribution in [0.4, 0.5) is 5.69 Å². The third kappa shape index (κ3) is 3.01. The van der Waals surface area contributed by atoms with Gasteiger partial charge in [-0.15, -0.1) is 0 Å². The van der Waals surface area contributed by atoms with Gasteiger partial charge in [-0.05, 0) is 0 Å². The molecule has 0 aliphatic carbocycles. The average molecular weight is 488 g/mol. The molecule has 31 heavy (non-hydrogen) atoms. The van der Waals surface area contributed by atoms with Gasteiger partial charge in [0.25, 0.3) is 0 Å². The molecule has 0 aromatic heterocycles. The standard InChI is InChI=1S/C22H19NO7Se/c24-9-13-17(26)18(27)19(28)22(30-13)23-12-7-3-1-5-10(12)15(21(23)29)20-16(25)11-6-2-4-8-14(11)31-20/h1-8,13,17-19,22,24,26-28H,9H2/b20-15-/t13-,17-,18+,19-,22-/m1/s1. The fourth-order valence-electron chi connectivity index (χ4n) is 4.19. The van der Waals surface area contributed by atoms with Gasteiger partial charge in [0.05, 0.1) is 0 Å². The van der Waals surface area contributed by atoms with Crippen LogP contribution in [-0.2, 0) is 9.53 Å². The minimum atomic E-state index is -1.62. The van der Waals surface area contributed by atoms with Crippen LogP contribution in [0.2, 0.25) is 0 Å². The van der Waals surface area contributed by atoms with Crippen molar-refractivity contribution in [2.24, 2.45) is 0 Å². The maximum atomic E-state index is 13.6. The van der Waals surface area contributed by atoms with E-state index in [-0.39, 0.29) is 26.3 Å². The zero-order valence-electron chi connectivity index (χ0n) is 16.1. The van der Waals surface area contributed by atoms with E-state index in [0.29, 0.717) is 21.3 Å². The number of aliphatic hydroxyl groups excluding tert-OH is 4. The Morgan fingerprint density at radius 3 is 2.29 bits per heavy atom. The number of amides is 1. The number of ether oxygens (including phenoxy) is 1. The number of rotatable bonds is 2. The molecule has 1 amide bonds. The van der Waals surface area contributed by atoms with Crippen LogP contribution >= 0.6 is 0 Å². The van der Waals surface area contributed by atoms with Crippen LogP contribution in [0.5, 0.6) is 0 Å². The fourth-order valence-corrected chi connectivity index (χ4v) is 6.58. The molecule has 0 spiro atoms. The van der Waals surface area contributed by atoms with Gasteiger partial charge in [0.15, 0.2) is 0 Å². The van der Waals surface area contributed by atoms with Crippen molar-refractivity contribution in [1.82, 2.24) is 0 Å². The van der Waals surface area contributed by atoms with Crippen LogP contribution in [0.1, 0.15) is 15.9 Å². The number of ketones is 1. The third-order valence-corrected chi connectivity index (χ3v) is 8.22. The molecule has 3 aliphatic heterocycles. The molecule has 9 heteroatoms. The summed E-state index contributed by atoms with van der Waals surface area (Å²) in [5.74, 6) is -0.715. The Labute approximate surface area is 183 Å². The van der Waals surface area contributed by atoms with Crippen molar-refractivity contribution in [1.29, 1.82) is 0 Å². The number of benzene rings is 2. The van der Waals surface area contributed by atoms with Crippen LogP contribution in [-0.4, -0.2) is 84.3 Å². The van der Waals surface area contributed by atoms with E-state index in [1.54, 1.807) is 36.4 Å². The number of hydrogen-bond donors (Lipinski definition) is 4. The molecule has 3 heterocycles. The Morgan fingerprint density at radius 1 is 0.903 bits per heavy atom. The number of Topliss-reactive ketones (excluding diaryl/α,β-unsaturated/α-hetero) is 1. The van der Waals surface area contributed by atoms with Crippen LogP contribution < -0.4 is 9.36 Å². The predicted octanol–water partition coefficient (Wildman–Crippen LogP) is -1.23. The topological polar surface area (TPSA) is 128 Å². The van der Waals surface area contributed by atoms with E-state index < -0.39 is 43.2 Å². The van der Waals surface area contributed by atoms with Gasteiger partial charge in [-0.3, -0.25) is 0 Å². The number of fused-ring (bicyclic) bond motifs is 2. The van der Waals surface area contributed by atoms with Gasteiger partial charge < -0.3 is 0 Å². The Bertz CT molecular complexity index is 1110. The molecule has 0 radical (unpaired) electrons. The number of nitrogens with zero attached hydrogens (tertiary/aromatic N) is 1. The third-order valence-electron chi connectivity index (χ3n) is 5.76. The van der Waals surface area contributed by atoms with Crippen LogP contribution in [0.3, 0.4) is 0 Å². The molecule has 0 saturated carbocycles. The molecular formula is C22H19NO7Se. The predicted molar refractivity (Wildman–Crippen MR) is 111 cm³/mol. The number of aliphatic hydroxyl groups is 4. The summed E-state index contributed by atoms with van der Waals surface area (Å²) in [6, 6.07) is 14.1. The van der Waals surface area contributed by atoms with Crippen molar-refractivity contribution in [2.45, 2.75) is 30.6 Å². The van der Waals surface area contributed by atoms with Crippen LogP contribution in [0.25, 0.3) is 5.57 Å². The van der Waals surface area contributed by atoms with Gasteiger partial charge in [-0.25, -0.2) is 0 Å². The first kappa shape index (κ1) is 20.5. The van der Waals surface area contributed by atoms with Crippen molar-refractivity contribution < 1.29 is 34.8 Å². The van der Waals surface area contributed by atoms with E-state index in [9.17, 15) is 30.0 Å². The van der Waals surface area contributed by atoms with E-state index in [0.717, 1.165) is 4.46 Å². The van der Waals surface area contributed by atoms with Gasteiger partial charge in [-0.2, -0.15) is 0 Å². The Kier molecular flexibility index (Phi) is 5.07. The molecule has 5 atom stereocenters. The molecule has 4 N–H and O–H groups in total. The first-order valence-corrected chi connectivity index (χ1v) is 11.4. The van der Waals surface area contributed by atoms with E-state index in [1.165, 1.54) is 4.90 Å². The molecule has 0 unspecified atom stereocenters. The zero-order chi connectivity index (χ0) is 21.9. The monoisotopic (exact) mass is 489 g/mol. The van der Waals surface area contributed by atoms with Gasteiger partial charge >= 0.3 is 183 Å². The van der Waals surface area contributed by atoms with Gasteiger partial charge in [0, 0.05) is 0 Å². The van der Waals surface area contributed by atoms with Crippen LogP contribution in [0.15, 0.2) is 53.0 Å². The second kappa shape index (κ2) is 7.65. The number of para-hydroxylation sites is 1. The Balaban J connectivity index is 1.62. The van der Waals surface area contributed by atoms with E-state index >= 15 is 0 Å². The SMILES string of the molecule is O=C1/C(=C2/C(=O)N([C@@H]3O[C@H](CO)[C@@H](O)[C@H](O)[C@H]3O)c3ccccc32)[Se]c2ccccc21. The molecule has 160 valence electrons. The molecular weight excluding hydrogens is 469 g/mol. The summed E-state index contributed by atoms with van der Waals surface area (Å²) in [5.41, 5.74) is 1.82. The molecule has 3 aliphatic rings. The Morgan fingerprint density at radius 2 is 1.58 bits per heavy atom. The first-order chi connectivity index (χ1) is 14.9.